The number of nitrogens with one attached hydrogen (secondary N) is 1. The molecule has 0 unspecified atom stereocenters. The van der Waals surface area contributed by atoms with Crippen LogP contribution in [-0.4, -0.2) is 43.9 Å². The summed E-state index contributed by atoms with van der Waals surface area (Å²) in [7, 11) is 1.70. The first-order valence-electron chi connectivity index (χ1n) is 7.28. The van der Waals surface area contributed by atoms with Gasteiger partial charge in [-0.25, -0.2) is 9.78 Å². The quantitative estimate of drug-likeness (QED) is 0.784. The molecule has 0 aliphatic rings. The number of hydrogen-bond acceptors (Lipinski definition) is 4. The second-order valence-corrected chi connectivity index (χ2v) is 5.33. The molecule has 0 saturated carbocycles. The normalized spacial score (nSPS) is 10.9. The van der Waals surface area contributed by atoms with Gasteiger partial charge >= 0.3 is 5.69 Å². The number of H-pyrrole nitrogens is 1. The van der Waals surface area contributed by atoms with E-state index in [-0.39, 0.29) is 11.6 Å². The Labute approximate surface area is 132 Å². The highest BCUT2D eigenvalue weighted by molar-refractivity contribution is 6.03. The van der Waals surface area contributed by atoms with Gasteiger partial charge in [0.05, 0.1) is 5.52 Å². The Morgan fingerprint density at radius 2 is 2.13 bits per heavy atom. The lowest BCUT2D eigenvalue weighted by atomic mass is 10.1. The van der Waals surface area contributed by atoms with Gasteiger partial charge in [0, 0.05) is 37.9 Å². The fourth-order valence-corrected chi connectivity index (χ4v) is 2.45. The van der Waals surface area contributed by atoms with E-state index in [2.05, 4.69) is 15.0 Å². The fraction of sp³-hybridized carbons (Fsp3) is 0.250. The summed E-state index contributed by atoms with van der Waals surface area (Å²) < 4.78 is 1.97. The summed E-state index contributed by atoms with van der Waals surface area (Å²) in [5, 5.41) is 0.641. The van der Waals surface area contributed by atoms with E-state index in [1.54, 1.807) is 36.3 Å². The first kappa shape index (κ1) is 15.0. The average Bonchev–Trinajstić information content (AvgIpc) is 2.96. The highest BCUT2D eigenvalue weighted by Gasteiger charge is 2.17. The molecular formula is C16H17N5O2. The zero-order valence-corrected chi connectivity index (χ0v) is 13.0. The number of imidazole rings is 1. The average molecular weight is 311 g/mol. The molecular weight excluding hydrogens is 294 g/mol. The van der Waals surface area contributed by atoms with Crippen LogP contribution in [0.4, 0.5) is 0 Å². The minimum Gasteiger partial charge on any atom is -0.339 e. The van der Waals surface area contributed by atoms with Crippen molar-refractivity contribution in [1.82, 2.24) is 24.4 Å². The van der Waals surface area contributed by atoms with Crippen molar-refractivity contribution < 1.29 is 4.79 Å². The Morgan fingerprint density at radius 3 is 2.87 bits per heavy atom. The van der Waals surface area contributed by atoms with Gasteiger partial charge in [0.15, 0.2) is 0 Å². The number of aryl methyl sites for hydroxylation is 1. The van der Waals surface area contributed by atoms with Crippen molar-refractivity contribution in [2.24, 2.45) is 0 Å². The largest absolute Gasteiger partial charge is 0.346 e. The van der Waals surface area contributed by atoms with Gasteiger partial charge in [-0.05, 0) is 13.0 Å². The van der Waals surface area contributed by atoms with Gasteiger partial charge in [-0.15, -0.1) is 0 Å². The SMILES string of the molecule is Cc1nccn1CCN(C)C(=O)c1nc(=O)[nH]c2ccccc12. The Bertz CT molecular complexity index is 912. The second kappa shape index (κ2) is 6.04. The third kappa shape index (κ3) is 2.98. The number of rotatable bonds is 4. The Morgan fingerprint density at radius 1 is 1.35 bits per heavy atom. The van der Waals surface area contributed by atoms with Gasteiger partial charge in [-0.3, -0.25) is 4.79 Å². The van der Waals surface area contributed by atoms with Crippen molar-refractivity contribution in [3.8, 4) is 0 Å². The molecule has 2 aromatic heterocycles. The molecule has 0 fully saturated rings. The number of para-hydroxylation sites is 1. The van der Waals surface area contributed by atoms with E-state index in [4.69, 9.17) is 0 Å². The van der Waals surface area contributed by atoms with Crippen LogP contribution in [0.25, 0.3) is 10.9 Å². The maximum absolute atomic E-state index is 12.6. The van der Waals surface area contributed by atoms with E-state index in [0.717, 1.165) is 5.82 Å². The molecule has 23 heavy (non-hydrogen) atoms. The molecule has 0 radical (unpaired) electrons. The molecule has 0 aliphatic heterocycles. The maximum atomic E-state index is 12.6. The number of aromatic nitrogens is 4. The van der Waals surface area contributed by atoms with E-state index >= 15 is 0 Å². The number of amides is 1. The number of hydrogen-bond donors (Lipinski definition) is 1. The molecule has 0 spiro atoms. The number of carbonyl (C=O) groups excluding carboxylic acids is 1. The molecule has 3 rings (SSSR count). The van der Waals surface area contributed by atoms with E-state index in [1.807, 2.05) is 23.8 Å². The third-order valence-corrected chi connectivity index (χ3v) is 3.79. The zero-order chi connectivity index (χ0) is 16.4. The highest BCUT2D eigenvalue weighted by atomic mass is 16.2. The fourth-order valence-electron chi connectivity index (χ4n) is 2.45. The van der Waals surface area contributed by atoms with Crippen LogP contribution in [0.1, 0.15) is 16.3 Å². The van der Waals surface area contributed by atoms with Crippen LogP contribution < -0.4 is 5.69 Å². The third-order valence-electron chi connectivity index (χ3n) is 3.79. The molecule has 7 heteroatoms. The lowest BCUT2D eigenvalue weighted by molar-refractivity contribution is 0.0786. The van der Waals surface area contributed by atoms with Gasteiger partial charge in [0.2, 0.25) is 0 Å². The molecule has 1 N–H and O–H groups in total. The molecule has 7 nitrogen and oxygen atoms in total. The predicted octanol–water partition coefficient (Wildman–Crippen LogP) is 1.20. The van der Waals surface area contributed by atoms with E-state index < -0.39 is 5.69 Å². The van der Waals surface area contributed by atoms with Crippen molar-refractivity contribution in [3.63, 3.8) is 0 Å². The smallest absolute Gasteiger partial charge is 0.339 e. The molecule has 3 aromatic rings. The molecule has 0 atom stereocenters. The lowest BCUT2D eigenvalue weighted by Gasteiger charge is -2.18. The number of carbonyl (C=O) groups is 1. The first-order chi connectivity index (χ1) is 11.1. The summed E-state index contributed by atoms with van der Waals surface area (Å²) >= 11 is 0. The summed E-state index contributed by atoms with van der Waals surface area (Å²) in [4.78, 5) is 36.5. The summed E-state index contributed by atoms with van der Waals surface area (Å²) in [6.45, 7) is 3.04. The van der Waals surface area contributed by atoms with E-state index in [9.17, 15) is 9.59 Å². The molecule has 0 saturated heterocycles. The summed E-state index contributed by atoms with van der Waals surface area (Å²) in [5.41, 5.74) is 0.259. The highest BCUT2D eigenvalue weighted by Crippen LogP contribution is 2.14. The standard InChI is InChI=1S/C16H17N5O2/c1-11-17-7-8-21(11)10-9-20(2)15(22)14-12-5-3-4-6-13(12)18-16(23)19-14/h3-8H,9-10H2,1-2H3,(H,18,19,23). The van der Waals surface area contributed by atoms with Crippen molar-refractivity contribution in [1.29, 1.82) is 0 Å². The predicted molar refractivity (Wildman–Crippen MR) is 86.3 cm³/mol. The summed E-state index contributed by atoms with van der Waals surface area (Å²) in [6.07, 6.45) is 3.59. The monoisotopic (exact) mass is 311 g/mol. The second-order valence-electron chi connectivity index (χ2n) is 5.33. The van der Waals surface area contributed by atoms with Gasteiger partial charge in [-0.2, -0.15) is 4.98 Å². The molecule has 0 aliphatic carbocycles. The topological polar surface area (TPSA) is 83.9 Å². The molecule has 1 aromatic carbocycles. The van der Waals surface area contributed by atoms with Crippen molar-refractivity contribution in [2.75, 3.05) is 13.6 Å². The van der Waals surface area contributed by atoms with Gasteiger partial charge in [0.25, 0.3) is 5.91 Å². The van der Waals surface area contributed by atoms with E-state index in [1.165, 1.54) is 0 Å². The number of nitrogens with zero attached hydrogens (tertiary/aromatic N) is 4. The number of fused-ring (bicyclic) bond motifs is 1. The van der Waals surface area contributed by atoms with Crippen LogP contribution in [0.2, 0.25) is 0 Å². The van der Waals surface area contributed by atoms with Crippen LogP contribution in [0.5, 0.6) is 0 Å². The number of aromatic amines is 1. The molecule has 1 amide bonds. The van der Waals surface area contributed by atoms with Gasteiger partial charge < -0.3 is 14.5 Å². The van der Waals surface area contributed by atoms with Crippen LogP contribution >= 0.6 is 0 Å². The van der Waals surface area contributed by atoms with Crippen molar-refractivity contribution in [3.05, 3.63) is 58.7 Å². The van der Waals surface area contributed by atoms with Crippen LogP contribution in [0.3, 0.4) is 0 Å². The van der Waals surface area contributed by atoms with Crippen molar-refractivity contribution in [2.45, 2.75) is 13.5 Å². The molecule has 118 valence electrons. The van der Waals surface area contributed by atoms with Crippen LogP contribution in [-0.2, 0) is 6.54 Å². The Kier molecular flexibility index (Phi) is 3.92. The van der Waals surface area contributed by atoms with E-state index in [0.29, 0.717) is 24.0 Å². The van der Waals surface area contributed by atoms with Gasteiger partial charge in [0.1, 0.15) is 11.5 Å². The van der Waals surface area contributed by atoms with Gasteiger partial charge in [-0.1, -0.05) is 18.2 Å². The molecule has 0 bridgehead atoms. The summed E-state index contributed by atoms with van der Waals surface area (Å²) in [6, 6.07) is 7.15. The lowest BCUT2D eigenvalue weighted by Crippen LogP contribution is -2.32. The maximum Gasteiger partial charge on any atom is 0.346 e. The first-order valence-corrected chi connectivity index (χ1v) is 7.28. The summed E-state index contributed by atoms with van der Waals surface area (Å²) in [5.74, 6) is 0.621. The minimum absolute atomic E-state index is 0.175. The molecule has 2 heterocycles. The van der Waals surface area contributed by atoms with Crippen LogP contribution in [0.15, 0.2) is 41.5 Å². The Balaban J connectivity index is 1.85. The Hall–Kier alpha value is -2.96. The van der Waals surface area contributed by atoms with Crippen molar-refractivity contribution >= 4 is 16.8 Å². The number of likely N-dealkylation sites (N-methyl/N-ethyl adjacent to an activating group) is 1. The number of benzene rings is 1. The van der Waals surface area contributed by atoms with Crippen LogP contribution in [0, 0.1) is 6.92 Å². The minimum atomic E-state index is -0.522. The zero-order valence-electron chi connectivity index (χ0n) is 13.0.